The molecule has 1 heterocycles. The van der Waals surface area contributed by atoms with Crippen LogP contribution < -0.4 is 5.32 Å². The molecule has 1 aromatic heterocycles. The van der Waals surface area contributed by atoms with Crippen LogP contribution in [0.4, 0.5) is 0 Å². The number of hydrogen-bond acceptors (Lipinski definition) is 3. The number of carbonyl (C=O) groups excluding carboxylic acids is 1. The monoisotopic (exact) mass is 295 g/mol. The van der Waals surface area contributed by atoms with Crippen LogP contribution in [0.25, 0.3) is 0 Å². The largest absolute Gasteiger partial charge is 0.391 e. The van der Waals surface area contributed by atoms with Gasteiger partial charge in [0.1, 0.15) is 0 Å². The molecule has 0 spiro atoms. The van der Waals surface area contributed by atoms with Crippen LogP contribution in [0.5, 0.6) is 0 Å². The maximum Gasteiger partial charge on any atom is 0.223 e. The third-order valence-corrected chi connectivity index (χ3v) is 5.46. The van der Waals surface area contributed by atoms with Crippen molar-refractivity contribution in [2.45, 2.75) is 52.1 Å². The van der Waals surface area contributed by atoms with Gasteiger partial charge in [-0.2, -0.15) is 0 Å². The standard InChI is InChI=1S/C16H25NO2S/c1-4-11(5-2)14(18)9-17-16(19)13-8-12(13)15-7-6-10(3)20-15/h6-7,11-14,18H,4-5,8-9H2,1-3H3,(H,17,19). The number of thiophene rings is 1. The van der Waals surface area contributed by atoms with Gasteiger partial charge in [0, 0.05) is 28.1 Å². The molecule has 2 N–H and O–H groups in total. The van der Waals surface area contributed by atoms with Crippen molar-refractivity contribution in [3.63, 3.8) is 0 Å². The molecule has 0 aromatic carbocycles. The fourth-order valence-electron chi connectivity index (χ4n) is 2.79. The second kappa shape index (κ2) is 6.72. The Bertz CT molecular complexity index is 453. The Morgan fingerprint density at radius 2 is 2.15 bits per heavy atom. The lowest BCUT2D eigenvalue weighted by Crippen LogP contribution is -2.37. The van der Waals surface area contributed by atoms with Crippen molar-refractivity contribution in [3.8, 4) is 0 Å². The predicted octanol–water partition coefficient (Wildman–Crippen LogP) is 3.07. The van der Waals surface area contributed by atoms with Gasteiger partial charge in [0.05, 0.1) is 6.10 Å². The summed E-state index contributed by atoms with van der Waals surface area (Å²) in [6.07, 6.45) is 2.43. The number of hydrogen-bond donors (Lipinski definition) is 2. The van der Waals surface area contributed by atoms with E-state index in [0.717, 1.165) is 19.3 Å². The summed E-state index contributed by atoms with van der Waals surface area (Å²) in [7, 11) is 0. The first kappa shape index (κ1) is 15.5. The number of carbonyl (C=O) groups is 1. The Hall–Kier alpha value is -0.870. The SMILES string of the molecule is CCC(CC)C(O)CNC(=O)C1CC1c1ccc(C)s1. The van der Waals surface area contributed by atoms with Gasteiger partial charge >= 0.3 is 0 Å². The molecule has 1 aliphatic carbocycles. The van der Waals surface area contributed by atoms with Crippen LogP contribution in [0.1, 0.15) is 48.8 Å². The molecule has 1 saturated carbocycles. The topological polar surface area (TPSA) is 49.3 Å². The zero-order valence-corrected chi connectivity index (χ0v) is 13.4. The minimum absolute atomic E-state index is 0.103. The molecule has 3 nitrogen and oxygen atoms in total. The average Bonchev–Trinajstić information content (AvgIpc) is 3.13. The second-order valence-corrected chi connectivity index (χ2v) is 7.11. The van der Waals surface area contributed by atoms with Crippen LogP contribution in [0.2, 0.25) is 0 Å². The zero-order chi connectivity index (χ0) is 14.7. The van der Waals surface area contributed by atoms with E-state index in [-0.39, 0.29) is 17.7 Å². The fourth-order valence-corrected chi connectivity index (χ4v) is 3.84. The summed E-state index contributed by atoms with van der Waals surface area (Å²) in [6, 6.07) is 4.25. The molecule has 1 aromatic rings. The smallest absolute Gasteiger partial charge is 0.223 e. The molecule has 0 bridgehead atoms. The van der Waals surface area contributed by atoms with Crippen LogP contribution in [0, 0.1) is 18.8 Å². The zero-order valence-electron chi connectivity index (χ0n) is 12.6. The summed E-state index contributed by atoms with van der Waals surface area (Å²) < 4.78 is 0. The summed E-state index contributed by atoms with van der Waals surface area (Å²) in [5.41, 5.74) is 0. The molecule has 0 radical (unpaired) electrons. The van der Waals surface area contributed by atoms with E-state index < -0.39 is 6.10 Å². The molecule has 3 atom stereocenters. The van der Waals surface area contributed by atoms with Gasteiger partial charge in [0.25, 0.3) is 0 Å². The van der Waals surface area contributed by atoms with Crippen molar-refractivity contribution >= 4 is 17.2 Å². The first-order valence-electron chi connectivity index (χ1n) is 7.58. The third kappa shape index (κ3) is 3.61. The minimum Gasteiger partial charge on any atom is -0.391 e. The maximum absolute atomic E-state index is 12.1. The van der Waals surface area contributed by atoms with Crippen molar-refractivity contribution < 1.29 is 9.90 Å². The number of aryl methyl sites for hydroxylation is 1. The molecular weight excluding hydrogens is 270 g/mol. The Balaban J connectivity index is 1.77. The predicted molar refractivity (Wildman–Crippen MR) is 83.0 cm³/mol. The number of rotatable bonds is 7. The van der Waals surface area contributed by atoms with Crippen LogP contribution >= 0.6 is 11.3 Å². The minimum atomic E-state index is -0.421. The van der Waals surface area contributed by atoms with Gasteiger partial charge < -0.3 is 10.4 Å². The quantitative estimate of drug-likeness (QED) is 0.812. The van der Waals surface area contributed by atoms with Crippen LogP contribution in [0.15, 0.2) is 12.1 Å². The molecule has 0 aliphatic heterocycles. The summed E-state index contributed by atoms with van der Waals surface area (Å²) in [5, 5.41) is 12.9. The lowest BCUT2D eigenvalue weighted by atomic mass is 9.96. The second-order valence-electron chi connectivity index (χ2n) is 5.79. The van der Waals surface area contributed by atoms with E-state index in [0.29, 0.717) is 12.5 Å². The molecule has 4 heteroatoms. The average molecular weight is 295 g/mol. The van der Waals surface area contributed by atoms with E-state index in [9.17, 15) is 9.90 Å². The van der Waals surface area contributed by atoms with Gasteiger partial charge in [-0.15, -0.1) is 11.3 Å². The highest BCUT2D eigenvalue weighted by molar-refractivity contribution is 7.12. The molecule has 1 fully saturated rings. The molecule has 0 saturated heterocycles. The van der Waals surface area contributed by atoms with Gasteiger partial charge in [0.15, 0.2) is 0 Å². The third-order valence-electron chi connectivity index (χ3n) is 4.33. The van der Waals surface area contributed by atoms with Gasteiger partial charge in [-0.05, 0) is 31.4 Å². The van der Waals surface area contributed by atoms with Gasteiger partial charge in [0.2, 0.25) is 5.91 Å². The highest BCUT2D eigenvalue weighted by Crippen LogP contribution is 2.49. The summed E-state index contributed by atoms with van der Waals surface area (Å²) in [5.74, 6) is 0.900. The van der Waals surface area contributed by atoms with Gasteiger partial charge in [-0.25, -0.2) is 0 Å². The molecule has 1 aliphatic rings. The Labute approximate surface area is 125 Å². The van der Waals surface area contributed by atoms with Gasteiger partial charge in [-0.3, -0.25) is 4.79 Å². The maximum atomic E-state index is 12.1. The van der Waals surface area contributed by atoms with Crippen LogP contribution in [-0.2, 0) is 4.79 Å². The summed E-state index contributed by atoms with van der Waals surface area (Å²) >= 11 is 1.79. The van der Waals surface area contributed by atoms with E-state index in [1.54, 1.807) is 11.3 Å². The summed E-state index contributed by atoms with van der Waals surface area (Å²) in [6.45, 7) is 6.64. The van der Waals surface area contributed by atoms with Crippen molar-refractivity contribution in [2.75, 3.05) is 6.54 Å². The van der Waals surface area contributed by atoms with E-state index in [2.05, 4.69) is 38.2 Å². The Morgan fingerprint density at radius 1 is 1.45 bits per heavy atom. The Kier molecular flexibility index (Phi) is 5.22. The highest BCUT2D eigenvalue weighted by atomic mass is 32.1. The number of aliphatic hydroxyl groups excluding tert-OH is 1. The molecule has 3 unspecified atom stereocenters. The van der Waals surface area contributed by atoms with Crippen molar-refractivity contribution in [2.24, 2.45) is 11.8 Å². The number of aliphatic hydroxyl groups is 1. The lowest BCUT2D eigenvalue weighted by molar-refractivity contribution is -0.123. The number of amides is 1. The Morgan fingerprint density at radius 3 is 2.70 bits per heavy atom. The number of nitrogens with one attached hydrogen (secondary N) is 1. The molecule has 2 rings (SSSR count). The van der Waals surface area contributed by atoms with Crippen molar-refractivity contribution in [1.82, 2.24) is 5.32 Å². The van der Waals surface area contributed by atoms with Crippen molar-refractivity contribution in [1.29, 1.82) is 0 Å². The van der Waals surface area contributed by atoms with Crippen LogP contribution in [-0.4, -0.2) is 23.7 Å². The highest BCUT2D eigenvalue weighted by Gasteiger charge is 2.44. The van der Waals surface area contributed by atoms with Crippen molar-refractivity contribution in [3.05, 3.63) is 21.9 Å². The lowest BCUT2D eigenvalue weighted by Gasteiger charge is -2.20. The first-order chi connectivity index (χ1) is 9.56. The first-order valence-corrected chi connectivity index (χ1v) is 8.40. The fraction of sp³-hybridized carbons (Fsp3) is 0.688. The van der Waals surface area contributed by atoms with E-state index in [1.165, 1.54) is 9.75 Å². The van der Waals surface area contributed by atoms with Gasteiger partial charge in [-0.1, -0.05) is 26.7 Å². The van der Waals surface area contributed by atoms with E-state index in [1.807, 2.05) is 0 Å². The molecular formula is C16H25NO2S. The normalized spacial score (nSPS) is 22.9. The molecule has 20 heavy (non-hydrogen) atoms. The van der Waals surface area contributed by atoms with E-state index >= 15 is 0 Å². The summed E-state index contributed by atoms with van der Waals surface area (Å²) in [4.78, 5) is 14.7. The van der Waals surface area contributed by atoms with Crippen LogP contribution in [0.3, 0.4) is 0 Å². The molecule has 1 amide bonds. The molecule has 112 valence electrons. The van der Waals surface area contributed by atoms with E-state index in [4.69, 9.17) is 0 Å².